The lowest BCUT2D eigenvalue weighted by Gasteiger charge is -2.41. The van der Waals surface area contributed by atoms with Gasteiger partial charge in [-0.3, -0.25) is 14.5 Å². The molecule has 1 saturated heterocycles. The van der Waals surface area contributed by atoms with Crippen LogP contribution in [0.2, 0.25) is 0 Å². The Balaban J connectivity index is 1.68. The van der Waals surface area contributed by atoms with Crippen LogP contribution in [0.15, 0.2) is 47.4 Å². The number of aromatic nitrogens is 1. The number of H-pyrrole nitrogens is 1. The van der Waals surface area contributed by atoms with Gasteiger partial charge in [0.25, 0.3) is 5.91 Å². The minimum atomic E-state index is -0.220. The fraction of sp³-hybridized carbons (Fsp3) is 0.400. The van der Waals surface area contributed by atoms with E-state index in [4.69, 9.17) is 0 Å². The summed E-state index contributed by atoms with van der Waals surface area (Å²) in [5.74, 6) is -0.0841. The maximum Gasteiger partial charge on any atom is 0.255 e. The molecule has 1 atom stereocenters. The summed E-state index contributed by atoms with van der Waals surface area (Å²) in [4.78, 5) is 30.6. The molecule has 3 rings (SSSR count). The van der Waals surface area contributed by atoms with E-state index in [2.05, 4.69) is 41.1 Å². The second-order valence-electron chi connectivity index (χ2n) is 6.81. The molecule has 6 nitrogen and oxygen atoms in total. The van der Waals surface area contributed by atoms with Crippen LogP contribution in [0.3, 0.4) is 0 Å². The number of aliphatic hydroxyl groups is 1. The van der Waals surface area contributed by atoms with E-state index in [1.54, 1.807) is 11.0 Å². The van der Waals surface area contributed by atoms with Gasteiger partial charge in [0.2, 0.25) is 5.56 Å². The van der Waals surface area contributed by atoms with Gasteiger partial charge >= 0.3 is 0 Å². The van der Waals surface area contributed by atoms with Gasteiger partial charge in [0, 0.05) is 51.1 Å². The first-order valence-electron chi connectivity index (χ1n) is 8.95. The number of pyridine rings is 1. The smallest absolute Gasteiger partial charge is 0.255 e. The van der Waals surface area contributed by atoms with Gasteiger partial charge in [0.05, 0.1) is 5.56 Å². The van der Waals surface area contributed by atoms with Crippen molar-refractivity contribution in [3.63, 3.8) is 0 Å². The molecule has 0 spiro atoms. The summed E-state index contributed by atoms with van der Waals surface area (Å²) in [6.07, 6.45) is 2.09. The zero-order valence-electron chi connectivity index (χ0n) is 15.0. The van der Waals surface area contributed by atoms with Crippen molar-refractivity contribution in [2.75, 3.05) is 26.2 Å². The number of benzene rings is 1. The zero-order chi connectivity index (χ0) is 18.5. The molecule has 2 aromatic rings. The average Bonchev–Trinajstić information content (AvgIpc) is 2.65. The third-order valence-corrected chi connectivity index (χ3v) is 4.89. The molecular weight excluding hydrogens is 330 g/mol. The van der Waals surface area contributed by atoms with Gasteiger partial charge in [-0.25, -0.2) is 0 Å². The van der Waals surface area contributed by atoms with E-state index in [1.807, 2.05) is 0 Å². The topological polar surface area (TPSA) is 76.6 Å². The highest BCUT2D eigenvalue weighted by atomic mass is 16.3. The lowest BCUT2D eigenvalue weighted by atomic mass is 10.1. The summed E-state index contributed by atoms with van der Waals surface area (Å²) in [5, 5.41) is 9.44. The van der Waals surface area contributed by atoms with Crippen molar-refractivity contribution in [1.82, 2.24) is 14.8 Å². The summed E-state index contributed by atoms with van der Waals surface area (Å²) in [6.45, 7) is 4.94. The van der Waals surface area contributed by atoms with Gasteiger partial charge in [0.15, 0.2) is 0 Å². The van der Waals surface area contributed by atoms with Crippen molar-refractivity contribution in [3.05, 3.63) is 69.6 Å². The van der Waals surface area contributed by atoms with Crippen LogP contribution in [-0.2, 0) is 6.54 Å². The average molecular weight is 355 g/mol. The molecule has 1 aromatic carbocycles. The molecule has 0 bridgehead atoms. The van der Waals surface area contributed by atoms with Gasteiger partial charge in [-0.05, 0) is 25.0 Å². The normalized spacial score (nSPS) is 18.1. The molecule has 1 aliphatic heterocycles. The van der Waals surface area contributed by atoms with E-state index in [0.717, 1.165) is 13.1 Å². The SMILES string of the molecule is Cc1ccc(CN2CCN(C(=O)c3ccc(=O)[nH]c3)CC2CCO)cc1. The minimum Gasteiger partial charge on any atom is -0.396 e. The van der Waals surface area contributed by atoms with Crippen molar-refractivity contribution in [2.24, 2.45) is 0 Å². The number of amides is 1. The Morgan fingerprint density at radius 3 is 2.62 bits per heavy atom. The molecule has 2 heterocycles. The highest BCUT2D eigenvalue weighted by Crippen LogP contribution is 2.18. The standard InChI is InChI=1S/C20H25N3O3/c1-15-2-4-16(5-3-15)13-22-9-10-23(14-18(22)8-11-24)20(26)17-6-7-19(25)21-12-17/h2-7,12,18,24H,8-11,13-14H2,1H3,(H,21,25). The number of hydrogen-bond acceptors (Lipinski definition) is 4. The summed E-state index contributed by atoms with van der Waals surface area (Å²) in [5.41, 5.74) is 2.73. The van der Waals surface area contributed by atoms with Crippen LogP contribution < -0.4 is 5.56 Å². The quantitative estimate of drug-likeness (QED) is 0.850. The van der Waals surface area contributed by atoms with E-state index in [1.165, 1.54) is 23.4 Å². The van der Waals surface area contributed by atoms with Gasteiger partial charge in [0.1, 0.15) is 0 Å². The first kappa shape index (κ1) is 18.4. The van der Waals surface area contributed by atoms with E-state index >= 15 is 0 Å². The number of aryl methyl sites for hydroxylation is 1. The van der Waals surface area contributed by atoms with Crippen LogP contribution in [-0.4, -0.2) is 58.1 Å². The number of piperazine rings is 1. The van der Waals surface area contributed by atoms with Crippen molar-refractivity contribution >= 4 is 5.91 Å². The molecule has 0 saturated carbocycles. The Labute approximate surface area is 153 Å². The van der Waals surface area contributed by atoms with Gasteiger partial charge in [-0.1, -0.05) is 29.8 Å². The maximum atomic E-state index is 12.7. The minimum absolute atomic E-state index is 0.0841. The summed E-state index contributed by atoms with van der Waals surface area (Å²) in [7, 11) is 0. The van der Waals surface area contributed by atoms with Crippen LogP contribution in [0, 0.1) is 6.92 Å². The Hall–Kier alpha value is -2.44. The number of hydrogen-bond donors (Lipinski definition) is 2. The fourth-order valence-corrected chi connectivity index (χ4v) is 3.36. The number of aliphatic hydroxyl groups excluding tert-OH is 1. The molecule has 6 heteroatoms. The maximum absolute atomic E-state index is 12.7. The predicted octanol–water partition coefficient (Wildman–Crippen LogP) is 1.39. The number of rotatable bonds is 5. The van der Waals surface area contributed by atoms with Crippen molar-refractivity contribution in [1.29, 1.82) is 0 Å². The van der Waals surface area contributed by atoms with E-state index in [0.29, 0.717) is 25.1 Å². The monoisotopic (exact) mass is 355 g/mol. The number of carbonyl (C=O) groups excluding carboxylic acids is 1. The first-order valence-corrected chi connectivity index (χ1v) is 8.95. The molecular formula is C20H25N3O3. The van der Waals surface area contributed by atoms with Crippen molar-refractivity contribution in [2.45, 2.75) is 25.9 Å². The summed E-state index contributed by atoms with van der Waals surface area (Å²) >= 11 is 0. The molecule has 26 heavy (non-hydrogen) atoms. The van der Waals surface area contributed by atoms with Crippen LogP contribution in [0.25, 0.3) is 0 Å². The number of aromatic amines is 1. The van der Waals surface area contributed by atoms with Crippen LogP contribution in [0.4, 0.5) is 0 Å². The van der Waals surface area contributed by atoms with E-state index in [9.17, 15) is 14.7 Å². The molecule has 1 fully saturated rings. The van der Waals surface area contributed by atoms with Crippen LogP contribution in [0.5, 0.6) is 0 Å². The highest BCUT2D eigenvalue weighted by molar-refractivity contribution is 5.94. The molecule has 138 valence electrons. The molecule has 1 aromatic heterocycles. The van der Waals surface area contributed by atoms with Gasteiger partial charge in [-0.15, -0.1) is 0 Å². The first-order chi connectivity index (χ1) is 12.6. The summed E-state index contributed by atoms with van der Waals surface area (Å²) < 4.78 is 0. The molecule has 0 radical (unpaired) electrons. The number of nitrogens with one attached hydrogen (secondary N) is 1. The van der Waals surface area contributed by atoms with Gasteiger partial charge in [-0.2, -0.15) is 0 Å². The largest absolute Gasteiger partial charge is 0.396 e. The van der Waals surface area contributed by atoms with E-state index in [-0.39, 0.29) is 24.1 Å². The lowest BCUT2D eigenvalue weighted by molar-refractivity contribution is 0.0395. The third kappa shape index (κ3) is 4.39. The second kappa shape index (κ2) is 8.29. The zero-order valence-corrected chi connectivity index (χ0v) is 15.0. The van der Waals surface area contributed by atoms with Crippen molar-refractivity contribution in [3.8, 4) is 0 Å². The number of nitrogens with zero attached hydrogens (tertiary/aromatic N) is 2. The van der Waals surface area contributed by atoms with Crippen LogP contribution >= 0.6 is 0 Å². The second-order valence-corrected chi connectivity index (χ2v) is 6.81. The molecule has 1 unspecified atom stereocenters. The predicted molar refractivity (Wildman–Crippen MR) is 100 cm³/mol. The Bertz CT molecular complexity index is 780. The number of carbonyl (C=O) groups is 1. The molecule has 1 aliphatic rings. The molecule has 2 N–H and O–H groups in total. The lowest BCUT2D eigenvalue weighted by Crippen LogP contribution is -2.54. The van der Waals surface area contributed by atoms with Crippen LogP contribution in [0.1, 0.15) is 27.9 Å². The third-order valence-electron chi connectivity index (χ3n) is 4.89. The van der Waals surface area contributed by atoms with Crippen molar-refractivity contribution < 1.29 is 9.90 Å². The Kier molecular flexibility index (Phi) is 5.85. The summed E-state index contributed by atoms with van der Waals surface area (Å²) in [6, 6.07) is 11.5. The fourth-order valence-electron chi connectivity index (χ4n) is 3.36. The highest BCUT2D eigenvalue weighted by Gasteiger charge is 2.29. The Morgan fingerprint density at radius 2 is 1.96 bits per heavy atom. The van der Waals surface area contributed by atoms with Gasteiger partial charge < -0.3 is 15.0 Å². The molecule has 1 amide bonds. The van der Waals surface area contributed by atoms with E-state index < -0.39 is 0 Å². The Morgan fingerprint density at radius 1 is 1.19 bits per heavy atom. The molecule has 0 aliphatic carbocycles.